The van der Waals surface area contributed by atoms with E-state index >= 15 is 0 Å². The van der Waals surface area contributed by atoms with Gasteiger partial charge in [0, 0.05) is 5.57 Å². The third-order valence-electron chi connectivity index (χ3n) is 1.40. The lowest BCUT2D eigenvalue weighted by Gasteiger charge is -2.07. The van der Waals surface area contributed by atoms with E-state index in [-0.39, 0.29) is 5.57 Å². The van der Waals surface area contributed by atoms with Gasteiger partial charge in [0.05, 0.1) is 13.0 Å². The zero-order valence-electron chi connectivity index (χ0n) is 6.59. The van der Waals surface area contributed by atoms with Gasteiger partial charge in [0.1, 0.15) is 0 Å². The van der Waals surface area contributed by atoms with Gasteiger partial charge in [-0.25, -0.2) is 4.79 Å². The zero-order valence-corrected chi connectivity index (χ0v) is 6.59. The first-order valence-electron chi connectivity index (χ1n) is 3.07. The number of ether oxygens (including phenoxy) is 1. The van der Waals surface area contributed by atoms with Crippen LogP contribution in [0.2, 0.25) is 0 Å². The Bertz CT molecular complexity index is 198. The Kier molecular flexibility index (Phi) is 3.30. The molecule has 0 spiro atoms. The summed E-state index contributed by atoms with van der Waals surface area (Å²) in [5, 5.41) is 0. The monoisotopic (exact) mass is 157 g/mol. The lowest BCUT2D eigenvalue weighted by Crippen LogP contribution is -2.25. The summed E-state index contributed by atoms with van der Waals surface area (Å²) in [4.78, 5) is 21.2. The Morgan fingerprint density at radius 1 is 1.55 bits per heavy atom. The molecule has 0 fully saturated rings. The fourth-order valence-electron chi connectivity index (χ4n) is 0.480. The summed E-state index contributed by atoms with van der Waals surface area (Å²) >= 11 is 0. The maximum Gasteiger partial charge on any atom is 0.333 e. The van der Waals surface area contributed by atoms with Crippen molar-refractivity contribution in [2.75, 3.05) is 7.11 Å². The number of methoxy groups -OCH3 is 1. The van der Waals surface area contributed by atoms with Gasteiger partial charge >= 0.3 is 5.97 Å². The number of carbonyl (C=O) groups excluding carboxylic acids is 2. The van der Waals surface area contributed by atoms with Crippen LogP contribution in [0.3, 0.4) is 0 Å². The Morgan fingerprint density at radius 2 is 2.00 bits per heavy atom. The summed E-state index contributed by atoms with van der Waals surface area (Å²) in [6.07, 6.45) is 0. The van der Waals surface area contributed by atoms with Crippen molar-refractivity contribution < 1.29 is 14.3 Å². The van der Waals surface area contributed by atoms with Crippen molar-refractivity contribution in [3.05, 3.63) is 12.2 Å². The molecule has 0 saturated carbocycles. The van der Waals surface area contributed by atoms with E-state index < -0.39 is 17.8 Å². The SMILES string of the molecule is C=C(C(=O)OC)C(C)C(N)=O. The van der Waals surface area contributed by atoms with E-state index in [2.05, 4.69) is 11.3 Å². The van der Waals surface area contributed by atoms with Crippen LogP contribution in [-0.2, 0) is 14.3 Å². The first kappa shape index (κ1) is 9.68. The Hall–Kier alpha value is -1.32. The molecular formula is C7H11NO3. The smallest absolute Gasteiger partial charge is 0.333 e. The molecule has 0 heterocycles. The van der Waals surface area contributed by atoms with Gasteiger partial charge in [-0.15, -0.1) is 0 Å². The molecule has 1 atom stereocenters. The molecule has 0 saturated heterocycles. The lowest BCUT2D eigenvalue weighted by atomic mass is 10.0. The zero-order chi connectivity index (χ0) is 9.02. The summed E-state index contributed by atoms with van der Waals surface area (Å²) in [5.74, 6) is -1.85. The molecular weight excluding hydrogens is 146 g/mol. The van der Waals surface area contributed by atoms with Crippen LogP contribution in [0.25, 0.3) is 0 Å². The van der Waals surface area contributed by atoms with Crippen LogP contribution in [0, 0.1) is 5.92 Å². The molecule has 0 aromatic rings. The molecule has 1 amide bonds. The van der Waals surface area contributed by atoms with Crippen LogP contribution in [0.15, 0.2) is 12.2 Å². The van der Waals surface area contributed by atoms with Crippen LogP contribution in [-0.4, -0.2) is 19.0 Å². The third-order valence-corrected chi connectivity index (χ3v) is 1.40. The number of hydrogen-bond acceptors (Lipinski definition) is 3. The molecule has 0 aromatic carbocycles. The van der Waals surface area contributed by atoms with Crippen LogP contribution < -0.4 is 5.73 Å². The Balaban J connectivity index is 4.25. The van der Waals surface area contributed by atoms with Gasteiger partial charge in [-0.05, 0) is 6.92 Å². The minimum absolute atomic E-state index is 0.0833. The minimum Gasteiger partial charge on any atom is -0.466 e. The highest BCUT2D eigenvalue weighted by Gasteiger charge is 2.19. The first-order valence-corrected chi connectivity index (χ1v) is 3.07. The predicted octanol–water partition coefficient (Wildman–Crippen LogP) is -0.163. The molecule has 0 radical (unpaired) electrons. The summed E-state index contributed by atoms with van der Waals surface area (Å²) in [5.41, 5.74) is 5.01. The number of primary amides is 1. The second-order valence-corrected chi connectivity index (χ2v) is 2.14. The maximum absolute atomic E-state index is 10.7. The van der Waals surface area contributed by atoms with Gasteiger partial charge in [-0.2, -0.15) is 0 Å². The second-order valence-electron chi connectivity index (χ2n) is 2.14. The molecule has 1 unspecified atom stereocenters. The first-order chi connectivity index (χ1) is 5.00. The molecule has 0 aliphatic carbocycles. The minimum atomic E-state index is -0.664. The van der Waals surface area contributed by atoms with Gasteiger partial charge in [0.2, 0.25) is 5.91 Å². The van der Waals surface area contributed by atoms with Gasteiger partial charge in [0.25, 0.3) is 0 Å². The summed E-state index contributed by atoms with van der Waals surface area (Å²) in [6.45, 7) is 4.87. The van der Waals surface area contributed by atoms with Crippen molar-refractivity contribution in [2.24, 2.45) is 11.7 Å². The second kappa shape index (κ2) is 3.75. The fourth-order valence-corrected chi connectivity index (χ4v) is 0.480. The van der Waals surface area contributed by atoms with Crippen molar-refractivity contribution in [3.8, 4) is 0 Å². The molecule has 62 valence electrons. The van der Waals surface area contributed by atoms with Crippen molar-refractivity contribution in [3.63, 3.8) is 0 Å². The summed E-state index contributed by atoms with van der Waals surface area (Å²) in [6, 6.07) is 0. The summed E-state index contributed by atoms with van der Waals surface area (Å²) < 4.78 is 4.34. The number of esters is 1. The Morgan fingerprint density at radius 3 is 2.27 bits per heavy atom. The van der Waals surface area contributed by atoms with Crippen molar-refractivity contribution >= 4 is 11.9 Å². The molecule has 4 nitrogen and oxygen atoms in total. The van der Waals surface area contributed by atoms with Gasteiger partial charge in [0.15, 0.2) is 0 Å². The molecule has 11 heavy (non-hydrogen) atoms. The van der Waals surface area contributed by atoms with E-state index in [0.717, 1.165) is 0 Å². The van der Waals surface area contributed by atoms with Crippen molar-refractivity contribution in [2.45, 2.75) is 6.92 Å². The normalized spacial score (nSPS) is 11.8. The topological polar surface area (TPSA) is 69.4 Å². The number of rotatable bonds is 3. The molecule has 0 rings (SSSR count). The highest BCUT2D eigenvalue weighted by Crippen LogP contribution is 2.08. The highest BCUT2D eigenvalue weighted by molar-refractivity contribution is 5.95. The number of nitrogens with two attached hydrogens (primary N) is 1. The molecule has 4 heteroatoms. The van der Waals surface area contributed by atoms with E-state index in [1.165, 1.54) is 14.0 Å². The van der Waals surface area contributed by atoms with E-state index in [9.17, 15) is 9.59 Å². The number of amides is 1. The molecule has 0 bridgehead atoms. The van der Waals surface area contributed by atoms with E-state index in [4.69, 9.17) is 5.73 Å². The predicted molar refractivity (Wildman–Crippen MR) is 39.5 cm³/mol. The molecule has 0 aliphatic heterocycles. The Labute approximate surface area is 65.0 Å². The number of hydrogen-bond donors (Lipinski definition) is 1. The maximum atomic E-state index is 10.7. The largest absolute Gasteiger partial charge is 0.466 e. The van der Waals surface area contributed by atoms with Gasteiger partial charge in [-0.1, -0.05) is 6.58 Å². The fraction of sp³-hybridized carbons (Fsp3) is 0.429. The van der Waals surface area contributed by atoms with Crippen molar-refractivity contribution in [1.82, 2.24) is 0 Å². The van der Waals surface area contributed by atoms with Crippen LogP contribution in [0.4, 0.5) is 0 Å². The molecule has 0 aromatic heterocycles. The molecule has 0 aliphatic rings. The van der Waals surface area contributed by atoms with Crippen LogP contribution >= 0.6 is 0 Å². The number of carbonyl (C=O) groups is 2. The van der Waals surface area contributed by atoms with Gasteiger partial charge < -0.3 is 10.5 Å². The highest BCUT2D eigenvalue weighted by atomic mass is 16.5. The summed E-state index contributed by atoms with van der Waals surface area (Å²) in [7, 11) is 1.22. The van der Waals surface area contributed by atoms with Crippen LogP contribution in [0.1, 0.15) is 6.92 Å². The average Bonchev–Trinajstić information content (AvgIpc) is 2.00. The van der Waals surface area contributed by atoms with E-state index in [0.29, 0.717) is 0 Å². The standard InChI is InChI=1S/C7H11NO3/c1-4(6(8)9)5(2)7(10)11-3/h4H,2H2,1,3H3,(H2,8,9). The third kappa shape index (κ3) is 2.41. The lowest BCUT2D eigenvalue weighted by molar-refractivity contribution is -0.138. The average molecular weight is 157 g/mol. The van der Waals surface area contributed by atoms with E-state index in [1.54, 1.807) is 0 Å². The van der Waals surface area contributed by atoms with Crippen LogP contribution in [0.5, 0.6) is 0 Å². The van der Waals surface area contributed by atoms with Gasteiger partial charge in [-0.3, -0.25) is 4.79 Å². The van der Waals surface area contributed by atoms with Crippen molar-refractivity contribution in [1.29, 1.82) is 0 Å². The van der Waals surface area contributed by atoms with E-state index in [1.807, 2.05) is 0 Å². The molecule has 2 N–H and O–H groups in total. The quantitative estimate of drug-likeness (QED) is 0.457.